The molecule has 0 radical (unpaired) electrons. The molecule has 1 spiro atoms. The number of para-hydroxylation sites is 1. The predicted octanol–water partition coefficient (Wildman–Crippen LogP) is 3.81. The highest BCUT2D eigenvalue weighted by atomic mass is 32.2. The third-order valence-corrected chi connectivity index (χ3v) is 10.6. The average molecular weight is 536 g/mol. The number of nitrogens with one attached hydrogen (secondary N) is 2. The lowest BCUT2D eigenvalue weighted by Gasteiger charge is -2.35. The lowest BCUT2D eigenvalue weighted by atomic mass is 9.66. The van der Waals surface area contributed by atoms with E-state index in [4.69, 9.17) is 0 Å². The number of hydrogen-bond donors (Lipinski definition) is 3. The molecule has 5 rings (SSSR count). The summed E-state index contributed by atoms with van der Waals surface area (Å²) >= 11 is 1.68. The number of benzene rings is 2. The molecule has 2 aromatic rings. The van der Waals surface area contributed by atoms with Crippen LogP contribution in [0, 0.1) is 25.7 Å². The van der Waals surface area contributed by atoms with E-state index in [2.05, 4.69) is 17.6 Å². The number of thioether (sulfide) groups is 1. The van der Waals surface area contributed by atoms with Crippen molar-refractivity contribution in [3.8, 4) is 0 Å². The molecule has 202 valence electrons. The quantitative estimate of drug-likeness (QED) is 0.424. The van der Waals surface area contributed by atoms with Gasteiger partial charge in [0.25, 0.3) is 0 Å². The van der Waals surface area contributed by atoms with E-state index in [1.54, 1.807) is 16.7 Å². The van der Waals surface area contributed by atoms with Gasteiger partial charge in [0.1, 0.15) is 6.04 Å². The van der Waals surface area contributed by atoms with Crippen LogP contribution in [0.1, 0.15) is 49.3 Å². The van der Waals surface area contributed by atoms with Crippen LogP contribution in [0.4, 0.5) is 5.69 Å². The zero-order valence-corrected chi connectivity index (χ0v) is 23.1. The summed E-state index contributed by atoms with van der Waals surface area (Å²) in [6.45, 7) is 6.84. The lowest BCUT2D eigenvalue weighted by Crippen LogP contribution is -2.52. The fraction of sp³-hybridized carbons (Fsp3) is 0.500. The Bertz CT molecular complexity index is 1220. The Labute approximate surface area is 228 Å². The Balaban J connectivity index is 1.46. The summed E-state index contributed by atoms with van der Waals surface area (Å²) in [6.07, 6.45) is 2.65. The van der Waals surface area contributed by atoms with E-state index < -0.39 is 27.4 Å². The normalized spacial score (nSPS) is 29.4. The number of amides is 3. The Kier molecular flexibility index (Phi) is 7.31. The van der Waals surface area contributed by atoms with Gasteiger partial charge in [0.15, 0.2) is 0 Å². The number of aliphatic hydroxyl groups is 1. The molecule has 3 amide bonds. The van der Waals surface area contributed by atoms with E-state index in [-0.39, 0.29) is 24.3 Å². The average Bonchev–Trinajstić information content (AvgIpc) is 3.46. The molecule has 2 bridgehead atoms. The third-order valence-electron chi connectivity index (χ3n) is 8.65. The highest BCUT2D eigenvalue weighted by Gasteiger charge is 2.77. The number of unbranched alkanes of at least 4 members (excludes halogenated alkanes) is 1. The highest BCUT2D eigenvalue weighted by Crippen LogP contribution is 2.71. The van der Waals surface area contributed by atoms with Crippen molar-refractivity contribution >= 4 is 35.2 Å². The van der Waals surface area contributed by atoms with Gasteiger partial charge in [-0.25, -0.2) is 0 Å². The molecule has 3 heterocycles. The van der Waals surface area contributed by atoms with Gasteiger partial charge in [0.2, 0.25) is 17.7 Å². The molecule has 7 nitrogen and oxygen atoms in total. The van der Waals surface area contributed by atoms with Gasteiger partial charge in [0, 0.05) is 30.1 Å². The molecular formula is C30H37N3O4S. The summed E-state index contributed by atoms with van der Waals surface area (Å²) in [7, 11) is 0. The minimum absolute atomic E-state index is 0.0349. The number of nitrogens with zero attached hydrogens (tertiary/aromatic N) is 1. The van der Waals surface area contributed by atoms with E-state index in [0.717, 1.165) is 28.8 Å². The van der Waals surface area contributed by atoms with Crippen molar-refractivity contribution in [2.24, 2.45) is 11.8 Å². The second-order valence-electron chi connectivity index (χ2n) is 11.1. The second kappa shape index (κ2) is 10.4. The summed E-state index contributed by atoms with van der Waals surface area (Å²) in [5, 5.41) is 15.6. The maximum atomic E-state index is 14.1. The van der Waals surface area contributed by atoms with Gasteiger partial charge >= 0.3 is 0 Å². The van der Waals surface area contributed by atoms with Crippen LogP contribution in [0.15, 0.2) is 48.5 Å². The van der Waals surface area contributed by atoms with Crippen LogP contribution < -0.4 is 10.6 Å². The number of hydrogen-bond acceptors (Lipinski definition) is 5. The minimum Gasteiger partial charge on any atom is -0.396 e. The highest BCUT2D eigenvalue weighted by molar-refractivity contribution is 8.02. The number of carbonyl (C=O) groups excluding carboxylic acids is 3. The molecule has 5 atom stereocenters. The standard InChI is InChI=1S/C30H37N3O4S/c1-19-10-9-11-20(2)24(19)32-27(36)25-30-15-14-29(3,38-30)22(23(30)28(37)33(25)16-7-8-17-34)26(35)31-18-21-12-5-4-6-13-21/h4-6,9-13,22-23,25,34H,7-8,14-18H2,1-3H3,(H,31,35)(H,32,36)/t22-,23-,25?,29+,30?/m0/s1. The van der Waals surface area contributed by atoms with Crippen LogP contribution in [0.3, 0.4) is 0 Å². The molecule has 3 aliphatic rings. The third kappa shape index (κ3) is 4.41. The van der Waals surface area contributed by atoms with Gasteiger partial charge in [-0.15, -0.1) is 11.8 Å². The lowest BCUT2D eigenvalue weighted by molar-refractivity contribution is -0.140. The van der Waals surface area contributed by atoms with Crippen LogP contribution in [0.25, 0.3) is 0 Å². The summed E-state index contributed by atoms with van der Waals surface area (Å²) in [6, 6.07) is 15.0. The largest absolute Gasteiger partial charge is 0.396 e. The molecule has 3 fully saturated rings. The fourth-order valence-corrected chi connectivity index (χ4v) is 9.22. The van der Waals surface area contributed by atoms with E-state index in [9.17, 15) is 19.5 Å². The molecule has 3 aliphatic heterocycles. The smallest absolute Gasteiger partial charge is 0.248 e. The van der Waals surface area contributed by atoms with Gasteiger partial charge in [-0.05, 0) is 63.1 Å². The molecule has 38 heavy (non-hydrogen) atoms. The zero-order valence-electron chi connectivity index (χ0n) is 22.3. The molecule has 0 saturated carbocycles. The van der Waals surface area contributed by atoms with Crippen molar-refractivity contribution in [2.75, 3.05) is 18.5 Å². The summed E-state index contributed by atoms with van der Waals surface area (Å²) in [4.78, 5) is 43.5. The summed E-state index contributed by atoms with van der Waals surface area (Å²) < 4.78 is -1.06. The van der Waals surface area contributed by atoms with Crippen LogP contribution in [0.2, 0.25) is 0 Å². The van der Waals surface area contributed by atoms with Crippen LogP contribution in [0.5, 0.6) is 0 Å². The topological polar surface area (TPSA) is 98.7 Å². The van der Waals surface area contributed by atoms with Crippen LogP contribution in [-0.2, 0) is 20.9 Å². The Hall–Kier alpha value is -2.84. The van der Waals surface area contributed by atoms with Crippen molar-refractivity contribution in [1.29, 1.82) is 0 Å². The molecular weight excluding hydrogens is 498 g/mol. The summed E-state index contributed by atoms with van der Waals surface area (Å²) in [5.74, 6) is -1.47. The van der Waals surface area contributed by atoms with E-state index in [0.29, 0.717) is 32.4 Å². The Morgan fingerprint density at radius 3 is 2.42 bits per heavy atom. The van der Waals surface area contributed by atoms with Gasteiger partial charge in [0.05, 0.1) is 16.6 Å². The SMILES string of the molecule is Cc1cccc(C)c1NC(=O)C1N(CCCCO)C(=O)[C@@H]2[C@@H](C(=O)NCc3ccccc3)[C@@]3(C)CCC12S3. The molecule has 8 heteroatoms. The van der Waals surface area contributed by atoms with Crippen molar-refractivity contribution in [3.05, 3.63) is 65.2 Å². The van der Waals surface area contributed by atoms with Crippen molar-refractivity contribution in [3.63, 3.8) is 0 Å². The summed E-state index contributed by atoms with van der Waals surface area (Å²) in [5.41, 5.74) is 3.72. The number of carbonyl (C=O) groups is 3. The van der Waals surface area contributed by atoms with Gasteiger partial charge in [-0.3, -0.25) is 14.4 Å². The molecule has 2 aromatic carbocycles. The predicted molar refractivity (Wildman–Crippen MR) is 150 cm³/mol. The van der Waals surface area contributed by atoms with Crippen molar-refractivity contribution < 1.29 is 19.5 Å². The molecule has 0 aromatic heterocycles. The number of aryl methyl sites for hydroxylation is 2. The molecule has 3 saturated heterocycles. The maximum Gasteiger partial charge on any atom is 0.248 e. The van der Waals surface area contributed by atoms with Crippen LogP contribution in [-0.4, -0.2) is 56.4 Å². The van der Waals surface area contributed by atoms with Crippen LogP contribution >= 0.6 is 11.8 Å². The number of aliphatic hydroxyl groups excluding tert-OH is 1. The number of rotatable bonds is 9. The van der Waals surface area contributed by atoms with Crippen molar-refractivity contribution in [1.82, 2.24) is 10.2 Å². The number of likely N-dealkylation sites (tertiary alicyclic amines) is 1. The second-order valence-corrected chi connectivity index (χ2v) is 13.0. The van der Waals surface area contributed by atoms with Gasteiger partial charge in [-0.1, -0.05) is 48.5 Å². The zero-order chi connectivity index (χ0) is 27.1. The molecule has 0 aliphatic carbocycles. The fourth-order valence-electron chi connectivity index (χ4n) is 6.86. The minimum atomic E-state index is -0.670. The first-order chi connectivity index (χ1) is 18.2. The first-order valence-corrected chi connectivity index (χ1v) is 14.3. The Morgan fingerprint density at radius 1 is 1.03 bits per heavy atom. The van der Waals surface area contributed by atoms with E-state index >= 15 is 0 Å². The molecule has 2 unspecified atom stereocenters. The maximum absolute atomic E-state index is 14.1. The van der Waals surface area contributed by atoms with Gasteiger partial charge in [-0.2, -0.15) is 0 Å². The van der Waals surface area contributed by atoms with E-state index in [1.807, 2.05) is 62.4 Å². The van der Waals surface area contributed by atoms with E-state index in [1.165, 1.54) is 0 Å². The first kappa shape index (κ1) is 26.8. The number of fused-ring (bicyclic) bond motifs is 1. The van der Waals surface area contributed by atoms with Gasteiger partial charge < -0.3 is 20.6 Å². The van der Waals surface area contributed by atoms with Crippen molar-refractivity contribution in [2.45, 2.75) is 68.5 Å². The first-order valence-electron chi connectivity index (χ1n) is 13.5. The Morgan fingerprint density at radius 2 is 1.74 bits per heavy atom. The monoisotopic (exact) mass is 535 g/mol. The number of anilines is 1. The molecule has 3 N–H and O–H groups in total.